The number of esters is 1. The molecule has 0 saturated carbocycles. The van der Waals surface area contributed by atoms with Crippen LogP contribution in [0.3, 0.4) is 0 Å². The van der Waals surface area contributed by atoms with Crippen LogP contribution in [0.1, 0.15) is 65.1 Å². The van der Waals surface area contributed by atoms with Gasteiger partial charge in [-0.2, -0.15) is 0 Å². The molecule has 6 heteroatoms. The molecule has 1 saturated heterocycles. The Morgan fingerprint density at radius 1 is 1.21 bits per heavy atom. The number of nitrogens with zero attached hydrogens (tertiary/aromatic N) is 2. The molecule has 150 valence electrons. The average molecular weight is 401 g/mol. The number of amides is 1. The van der Waals surface area contributed by atoms with Gasteiger partial charge in [-0.3, -0.25) is 9.69 Å². The number of allylic oxidation sites excluding steroid dienone is 1. The van der Waals surface area contributed by atoms with Crippen LogP contribution in [0.25, 0.3) is 0 Å². The molecule has 3 rings (SSSR count). The molecule has 0 radical (unpaired) electrons. The van der Waals surface area contributed by atoms with Crippen molar-refractivity contribution in [1.29, 1.82) is 0 Å². The van der Waals surface area contributed by atoms with E-state index in [0.29, 0.717) is 16.4 Å². The van der Waals surface area contributed by atoms with Gasteiger partial charge in [-0.05, 0) is 36.8 Å². The van der Waals surface area contributed by atoms with Crippen molar-refractivity contribution in [2.45, 2.75) is 64.7 Å². The summed E-state index contributed by atoms with van der Waals surface area (Å²) in [4.78, 5) is 32.1. The van der Waals surface area contributed by atoms with Crippen LogP contribution in [0, 0.1) is 0 Å². The maximum absolute atomic E-state index is 13.1. The topological polar surface area (TPSA) is 59.0 Å². The second-order valence-electron chi connectivity index (χ2n) is 8.11. The highest BCUT2D eigenvalue weighted by Gasteiger charge is 2.47. The number of thioether (sulfide) groups is 1. The summed E-state index contributed by atoms with van der Waals surface area (Å²) >= 11 is 1.48. The van der Waals surface area contributed by atoms with Crippen LogP contribution in [0.2, 0.25) is 0 Å². The first-order chi connectivity index (χ1) is 13.2. The van der Waals surface area contributed by atoms with E-state index in [0.717, 1.165) is 12.0 Å². The third kappa shape index (κ3) is 3.62. The van der Waals surface area contributed by atoms with Crippen molar-refractivity contribution in [3.8, 4) is 0 Å². The van der Waals surface area contributed by atoms with Gasteiger partial charge in [-0.25, -0.2) is 9.79 Å². The maximum Gasteiger partial charge on any atom is 0.338 e. The predicted octanol–water partition coefficient (Wildman–Crippen LogP) is 4.59. The summed E-state index contributed by atoms with van der Waals surface area (Å²) in [5, 5.41) is 0.511. The number of fused-ring (bicyclic) bond motifs is 1. The van der Waals surface area contributed by atoms with Gasteiger partial charge in [0.1, 0.15) is 0 Å². The first-order valence-electron chi connectivity index (χ1n) is 9.75. The number of aliphatic imine (C=N–C) groups is 1. The summed E-state index contributed by atoms with van der Waals surface area (Å²) in [6.07, 6.45) is 0.725. The lowest BCUT2D eigenvalue weighted by molar-refractivity contribution is -0.139. The van der Waals surface area contributed by atoms with E-state index >= 15 is 0 Å². The van der Waals surface area contributed by atoms with Crippen LogP contribution in [-0.4, -0.2) is 33.8 Å². The first kappa shape index (κ1) is 20.6. The van der Waals surface area contributed by atoms with Crippen LogP contribution in [0.5, 0.6) is 0 Å². The molecule has 1 amide bonds. The van der Waals surface area contributed by atoms with Crippen LogP contribution in [-0.2, 0) is 19.7 Å². The molecule has 0 N–H and O–H groups in total. The van der Waals surface area contributed by atoms with E-state index in [2.05, 4.69) is 37.9 Å². The lowest BCUT2D eigenvalue weighted by Gasteiger charge is -2.33. The van der Waals surface area contributed by atoms with Crippen LogP contribution in [0.4, 0.5) is 0 Å². The maximum atomic E-state index is 13.1. The van der Waals surface area contributed by atoms with Crippen molar-refractivity contribution in [1.82, 2.24) is 4.90 Å². The summed E-state index contributed by atoms with van der Waals surface area (Å²) in [6, 6.07) is 7.67. The van der Waals surface area contributed by atoms with Gasteiger partial charge in [0, 0.05) is 0 Å². The molecule has 2 aliphatic rings. The summed E-state index contributed by atoms with van der Waals surface area (Å²) in [5.74, 6) is -0.407. The molecule has 0 unspecified atom stereocenters. The molecule has 1 aromatic rings. The molecule has 0 aromatic heterocycles. The van der Waals surface area contributed by atoms with Crippen molar-refractivity contribution in [3.05, 3.63) is 46.7 Å². The zero-order valence-corrected chi connectivity index (χ0v) is 18.2. The summed E-state index contributed by atoms with van der Waals surface area (Å²) in [5.41, 5.74) is 3.19. The summed E-state index contributed by atoms with van der Waals surface area (Å²) in [6.45, 7) is 12.4. The Balaban J connectivity index is 2.11. The van der Waals surface area contributed by atoms with Crippen molar-refractivity contribution in [3.63, 3.8) is 0 Å². The van der Waals surface area contributed by atoms with E-state index in [9.17, 15) is 9.59 Å². The van der Waals surface area contributed by atoms with Gasteiger partial charge in [-0.1, -0.05) is 63.7 Å². The van der Waals surface area contributed by atoms with Crippen molar-refractivity contribution < 1.29 is 14.3 Å². The van der Waals surface area contributed by atoms with E-state index in [1.165, 1.54) is 17.3 Å². The van der Waals surface area contributed by atoms with Gasteiger partial charge < -0.3 is 4.74 Å². The van der Waals surface area contributed by atoms with Crippen LogP contribution < -0.4 is 0 Å². The molecule has 1 fully saturated rings. The van der Waals surface area contributed by atoms with Crippen molar-refractivity contribution in [2.75, 3.05) is 6.61 Å². The standard InChI is InChI=1S/C22H28N2O3S/c1-7-16-19(25)24-18(14-9-11-15(12-10-14)22(4,5)6)17(20(26)27-8-2)13(3)23-21(24)28-16/h9-12,16,18H,7-8H2,1-6H3/t16-,18+/m1/s1. The Hall–Kier alpha value is -2.08. The Bertz CT molecular complexity index is 850. The van der Waals surface area contributed by atoms with E-state index in [-0.39, 0.29) is 23.2 Å². The van der Waals surface area contributed by atoms with E-state index in [4.69, 9.17) is 4.74 Å². The molecular formula is C22H28N2O3S. The Kier molecular flexibility index (Phi) is 5.71. The first-order valence-corrected chi connectivity index (χ1v) is 10.6. The average Bonchev–Trinajstić information content (AvgIpc) is 2.95. The highest BCUT2D eigenvalue weighted by atomic mass is 32.2. The highest BCUT2D eigenvalue weighted by molar-refractivity contribution is 8.15. The largest absolute Gasteiger partial charge is 0.463 e. The Morgan fingerprint density at radius 3 is 2.39 bits per heavy atom. The number of rotatable bonds is 4. The van der Waals surface area contributed by atoms with Crippen LogP contribution in [0.15, 0.2) is 40.5 Å². The number of hydrogen-bond donors (Lipinski definition) is 0. The number of ether oxygens (including phenoxy) is 1. The third-order valence-electron chi connectivity index (χ3n) is 5.11. The van der Waals surface area contributed by atoms with Crippen molar-refractivity contribution >= 4 is 28.8 Å². The monoisotopic (exact) mass is 400 g/mol. The molecule has 1 aromatic carbocycles. The van der Waals surface area contributed by atoms with E-state index in [1.54, 1.807) is 11.8 Å². The fourth-order valence-electron chi connectivity index (χ4n) is 3.54. The fourth-order valence-corrected chi connectivity index (χ4v) is 4.67. The van der Waals surface area contributed by atoms with Gasteiger partial charge in [0.05, 0.1) is 29.2 Å². The predicted molar refractivity (Wildman–Crippen MR) is 113 cm³/mol. The number of carbonyl (C=O) groups excluding carboxylic acids is 2. The van der Waals surface area contributed by atoms with Gasteiger partial charge in [0.2, 0.25) is 5.91 Å². The molecular weight excluding hydrogens is 372 g/mol. The minimum atomic E-state index is -0.503. The third-order valence-corrected chi connectivity index (χ3v) is 6.43. The van der Waals surface area contributed by atoms with E-state index in [1.807, 2.05) is 26.0 Å². The van der Waals surface area contributed by atoms with Gasteiger partial charge in [-0.15, -0.1) is 0 Å². The summed E-state index contributed by atoms with van der Waals surface area (Å²) < 4.78 is 5.31. The normalized spacial score (nSPS) is 22.3. The number of hydrogen-bond acceptors (Lipinski definition) is 5. The second kappa shape index (κ2) is 7.74. The SMILES string of the molecule is CCOC(=O)C1=C(C)N=C2S[C@H](CC)C(=O)N2[C@H]1c1ccc(C(C)(C)C)cc1. The molecule has 2 atom stereocenters. The molecule has 0 bridgehead atoms. The minimum Gasteiger partial charge on any atom is -0.463 e. The molecule has 0 spiro atoms. The number of amidine groups is 1. The quantitative estimate of drug-likeness (QED) is 0.694. The lowest BCUT2D eigenvalue weighted by atomic mass is 9.85. The van der Waals surface area contributed by atoms with Crippen LogP contribution >= 0.6 is 11.8 Å². The summed E-state index contributed by atoms with van der Waals surface area (Å²) in [7, 11) is 0. The fraction of sp³-hybridized carbons (Fsp3) is 0.500. The lowest BCUT2D eigenvalue weighted by Crippen LogP contribution is -2.40. The number of benzene rings is 1. The molecule has 5 nitrogen and oxygen atoms in total. The molecule has 2 heterocycles. The molecule has 2 aliphatic heterocycles. The highest BCUT2D eigenvalue weighted by Crippen LogP contribution is 2.44. The zero-order chi connectivity index (χ0) is 20.6. The Morgan fingerprint density at radius 2 is 1.86 bits per heavy atom. The Labute approximate surface area is 171 Å². The second-order valence-corrected chi connectivity index (χ2v) is 9.28. The van der Waals surface area contributed by atoms with E-state index < -0.39 is 12.0 Å². The van der Waals surface area contributed by atoms with Gasteiger partial charge >= 0.3 is 5.97 Å². The smallest absolute Gasteiger partial charge is 0.338 e. The minimum absolute atomic E-state index is 0.00504. The number of carbonyl (C=O) groups is 2. The zero-order valence-electron chi connectivity index (χ0n) is 17.4. The molecule has 28 heavy (non-hydrogen) atoms. The van der Waals surface area contributed by atoms with Gasteiger partial charge in [0.25, 0.3) is 0 Å². The molecule has 0 aliphatic carbocycles. The van der Waals surface area contributed by atoms with Gasteiger partial charge in [0.15, 0.2) is 5.17 Å². The van der Waals surface area contributed by atoms with Crippen molar-refractivity contribution in [2.24, 2.45) is 4.99 Å².